The Labute approximate surface area is 143 Å². The molecule has 0 saturated carbocycles. The van der Waals surface area contributed by atoms with Crippen LogP contribution >= 0.6 is 0 Å². The molecule has 1 aliphatic heterocycles. The highest BCUT2D eigenvalue weighted by molar-refractivity contribution is 7.93. The second-order valence-corrected chi connectivity index (χ2v) is 7.65. The summed E-state index contributed by atoms with van der Waals surface area (Å²) in [7, 11) is -5.60. The van der Waals surface area contributed by atoms with Crippen molar-refractivity contribution >= 4 is 21.8 Å². The minimum absolute atomic E-state index is 0.00717. The van der Waals surface area contributed by atoms with Gasteiger partial charge in [0.2, 0.25) is 0 Å². The Balaban J connectivity index is 2.26. The van der Waals surface area contributed by atoms with E-state index < -0.39 is 33.2 Å². The third-order valence-electron chi connectivity index (χ3n) is 3.86. The molecule has 25 heavy (non-hydrogen) atoms. The van der Waals surface area contributed by atoms with Crippen LogP contribution in [0.1, 0.15) is 26.3 Å². The molecule has 0 bridgehead atoms. The van der Waals surface area contributed by atoms with Crippen molar-refractivity contribution in [2.45, 2.75) is 44.8 Å². The van der Waals surface area contributed by atoms with Crippen LogP contribution in [0.25, 0.3) is 0 Å². The predicted molar refractivity (Wildman–Crippen MR) is 82.6 cm³/mol. The van der Waals surface area contributed by atoms with Gasteiger partial charge >= 0.3 is 21.5 Å². The standard InChI is InChI=1S/C14H18F3N3O4S/c1-8(2)20-9(3)11(13(21)24-20)7-10-5-4-6-18-12(10)19-25(22,23)14(15,16)17/h4-6,8-9,11H,7H2,1-3H3,(H,18,19). The van der Waals surface area contributed by atoms with Gasteiger partial charge in [-0.05, 0) is 38.8 Å². The first kappa shape index (κ1) is 19.4. The number of aromatic nitrogens is 1. The van der Waals surface area contributed by atoms with Gasteiger partial charge in [-0.25, -0.2) is 9.78 Å². The van der Waals surface area contributed by atoms with Gasteiger partial charge in [0.15, 0.2) is 0 Å². The first-order valence-corrected chi connectivity index (χ1v) is 8.95. The molecule has 1 aromatic rings. The molecule has 1 aliphatic rings. The van der Waals surface area contributed by atoms with Gasteiger partial charge in [0.1, 0.15) is 5.82 Å². The van der Waals surface area contributed by atoms with Crippen molar-refractivity contribution < 1.29 is 31.2 Å². The summed E-state index contributed by atoms with van der Waals surface area (Å²) in [6, 6.07) is 2.48. The smallest absolute Gasteiger partial charge is 0.367 e. The average Bonchev–Trinajstić information content (AvgIpc) is 2.76. The normalized spacial score (nSPS) is 22.3. The van der Waals surface area contributed by atoms with Crippen molar-refractivity contribution in [3.05, 3.63) is 23.9 Å². The molecular weight excluding hydrogens is 363 g/mol. The zero-order chi connectivity index (χ0) is 19.0. The molecule has 1 saturated heterocycles. The van der Waals surface area contributed by atoms with Gasteiger partial charge in [0.25, 0.3) is 0 Å². The lowest BCUT2D eigenvalue weighted by atomic mass is 9.94. The van der Waals surface area contributed by atoms with Gasteiger partial charge in [-0.1, -0.05) is 6.07 Å². The first-order chi connectivity index (χ1) is 11.4. The molecule has 1 aromatic heterocycles. The van der Waals surface area contributed by atoms with Gasteiger partial charge in [-0.3, -0.25) is 4.72 Å². The molecule has 0 aromatic carbocycles. The number of nitrogens with zero attached hydrogens (tertiary/aromatic N) is 2. The predicted octanol–water partition coefficient (Wildman–Crippen LogP) is 2.07. The molecule has 7 nitrogen and oxygen atoms in total. The van der Waals surface area contributed by atoms with E-state index in [9.17, 15) is 26.4 Å². The number of hydrogen-bond donors (Lipinski definition) is 1. The monoisotopic (exact) mass is 381 g/mol. The largest absolute Gasteiger partial charge is 0.516 e. The van der Waals surface area contributed by atoms with Crippen LogP contribution in [-0.2, 0) is 26.1 Å². The number of hydroxylamine groups is 2. The molecule has 1 N–H and O–H groups in total. The fourth-order valence-electron chi connectivity index (χ4n) is 2.58. The van der Waals surface area contributed by atoms with E-state index in [-0.39, 0.29) is 24.1 Å². The zero-order valence-electron chi connectivity index (χ0n) is 13.7. The van der Waals surface area contributed by atoms with E-state index in [0.29, 0.717) is 0 Å². The number of sulfonamides is 1. The summed E-state index contributed by atoms with van der Waals surface area (Å²) >= 11 is 0. The number of anilines is 1. The van der Waals surface area contributed by atoms with Crippen LogP contribution in [0.15, 0.2) is 18.3 Å². The van der Waals surface area contributed by atoms with E-state index in [1.165, 1.54) is 21.9 Å². The molecular formula is C14H18F3N3O4S. The molecule has 0 spiro atoms. The molecule has 0 radical (unpaired) electrons. The number of halogens is 3. The SMILES string of the molecule is CC(C)N1OC(=O)C(Cc2cccnc2NS(=O)(=O)C(F)(F)F)C1C. The second kappa shape index (κ2) is 6.79. The third-order valence-corrected chi connectivity index (χ3v) is 4.93. The molecule has 2 rings (SSSR count). The fourth-order valence-corrected chi connectivity index (χ4v) is 3.13. The number of carbonyl (C=O) groups is 1. The topological polar surface area (TPSA) is 88.6 Å². The number of carbonyl (C=O) groups excluding carboxylic acids is 1. The van der Waals surface area contributed by atoms with Gasteiger partial charge in [-0.2, -0.15) is 21.6 Å². The Hall–Kier alpha value is -1.88. The lowest BCUT2D eigenvalue weighted by Crippen LogP contribution is -2.35. The lowest BCUT2D eigenvalue weighted by Gasteiger charge is -2.23. The Morgan fingerprint density at radius 3 is 2.56 bits per heavy atom. The van der Waals surface area contributed by atoms with Crippen molar-refractivity contribution in [1.29, 1.82) is 0 Å². The van der Waals surface area contributed by atoms with Crippen LogP contribution in [0.3, 0.4) is 0 Å². The third kappa shape index (κ3) is 4.03. The van der Waals surface area contributed by atoms with E-state index in [1.807, 2.05) is 13.8 Å². The molecule has 2 heterocycles. The zero-order valence-corrected chi connectivity index (χ0v) is 14.6. The number of pyridine rings is 1. The number of alkyl halides is 3. The number of nitrogens with one attached hydrogen (secondary N) is 1. The van der Waals surface area contributed by atoms with Crippen molar-refractivity contribution in [3.8, 4) is 0 Å². The van der Waals surface area contributed by atoms with Gasteiger partial charge in [0, 0.05) is 12.2 Å². The van der Waals surface area contributed by atoms with Crippen LogP contribution in [-0.4, -0.2) is 42.0 Å². The van der Waals surface area contributed by atoms with E-state index >= 15 is 0 Å². The van der Waals surface area contributed by atoms with Gasteiger partial charge in [-0.15, -0.1) is 5.06 Å². The molecule has 11 heteroatoms. The minimum atomic E-state index is -5.60. The van der Waals surface area contributed by atoms with Gasteiger partial charge in [0.05, 0.1) is 12.0 Å². The summed E-state index contributed by atoms with van der Waals surface area (Å²) in [5.41, 5.74) is -5.29. The van der Waals surface area contributed by atoms with Crippen molar-refractivity contribution in [2.75, 3.05) is 4.72 Å². The van der Waals surface area contributed by atoms with E-state index in [1.54, 1.807) is 6.92 Å². The van der Waals surface area contributed by atoms with Crippen molar-refractivity contribution in [3.63, 3.8) is 0 Å². The lowest BCUT2D eigenvalue weighted by molar-refractivity contribution is -0.182. The quantitative estimate of drug-likeness (QED) is 0.840. The Bertz CT molecular complexity index is 752. The fraction of sp³-hybridized carbons (Fsp3) is 0.571. The molecule has 0 aliphatic carbocycles. The number of hydrogen-bond acceptors (Lipinski definition) is 6. The number of rotatable bonds is 5. The average molecular weight is 381 g/mol. The maximum atomic E-state index is 12.6. The summed E-state index contributed by atoms with van der Waals surface area (Å²) in [6.07, 6.45) is 1.15. The van der Waals surface area contributed by atoms with E-state index in [2.05, 4.69) is 4.98 Å². The second-order valence-electron chi connectivity index (χ2n) is 5.98. The van der Waals surface area contributed by atoms with Crippen molar-refractivity contribution in [2.24, 2.45) is 5.92 Å². The molecule has 1 fully saturated rings. The first-order valence-electron chi connectivity index (χ1n) is 7.47. The summed E-state index contributed by atoms with van der Waals surface area (Å²) < 4.78 is 61.7. The van der Waals surface area contributed by atoms with Crippen LogP contribution in [0.4, 0.5) is 19.0 Å². The molecule has 2 atom stereocenters. The minimum Gasteiger partial charge on any atom is -0.367 e. The highest BCUT2D eigenvalue weighted by atomic mass is 32.2. The van der Waals surface area contributed by atoms with Crippen LogP contribution < -0.4 is 4.72 Å². The Kier molecular flexibility index (Phi) is 5.28. The maximum absolute atomic E-state index is 12.6. The van der Waals surface area contributed by atoms with E-state index in [4.69, 9.17) is 4.84 Å². The van der Waals surface area contributed by atoms with Crippen LogP contribution in [0, 0.1) is 5.92 Å². The summed E-state index contributed by atoms with van der Waals surface area (Å²) in [4.78, 5) is 20.9. The maximum Gasteiger partial charge on any atom is 0.516 e. The highest BCUT2D eigenvalue weighted by Crippen LogP contribution is 2.31. The van der Waals surface area contributed by atoms with Crippen LogP contribution in [0.2, 0.25) is 0 Å². The van der Waals surface area contributed by atoms with E-state index in [0.717, 1.165) is 6.20 Å². The Morgan fingerprint density at radius 1 is 1.40 bits per heavy atom. The summed E-state index contributed by atoms with van der Waals surface area (Å²) in [5.74, 6) is -1.63. The molecule has 2 unspecified atom stereocenters. The van der Waals surface area contributed by atoms with Crippen LogP contribution in [0.5, 0.6) is 0 Å². The highest BCUT2D eigenvalue weighted by Gasteiger charge is 2.47. The van der Waals surface area contributed by atoms with Gasteiger partial charge < -0.3 is 4.84 Å². The molecule has 0 amide bonds. The Morgan fingerprint density at radius 2 is 2.04 bits per heavy atom. The molecule has 140 valence electrons. The summed E-state index contributed by atoms with van der Waals surface area (Å²) in [5, 5.41) is 1.50. The van der Waals surface area contributed by atoms with Crippen molar-refractivity contribution in [1.82, 2.24) is 10.0 Å². The summed E-state index contributed by atoms with van der Waals surface area (Å²) in [6.45, 7) is 5.42.